The van der Waals surface area contributed by atoms with E-state index in [1.807, 2.05) is 6.92 Å². The van der Waals surface area contributed by atoms with E-state index in [0.717, 1.165) is 17.6 Å². The number of esters is 1. The van der Waals surface area contributed by atoms with Crippen LogP contribution >= 0.6 is 11.3 Å². The van der Waals surface area contributed by atoms with E-state index in [9.17, 15) is 22.8 Å². The first-order valence-corrected chi connectivity index (χ1v) is 9.04. The maximum absolute atomic E-state index is 12.9. The molecule has 0 spiro atoms. The molecule has 1 amide bonds. The number of hydrogen-bond acceptors (Lipinski definition) is 4. The Bertz CT molecular complexity index is 1130. The summed E-state index contributed by atoms with van der Waals surface area (Å²) in [4.78, 5) is 28.5. The Morgan fingerprint density at radius 2 is 1.89 bits per heavy atom. The quantitative estimate of drug-likeness (QED) is 0.608. The number of rotatable bonds is 3. The molecule has 2 aromatic carbocycles. The highest BCUT2D eigenvalue weighted by atomic mass is 32.1. The van der Waals surface area contributed by atoms with Crippen molar-refractivity contribution in [2.45, 2.75) is 19.6 Å². The number of fused-ring (bicyclic) bond motifs is 1. The van der Waals surface area contributed by atoms with Crippen molar-refractivity contribution in [3.8, 4) is 0 Å². The van der Waals surface area contributed by atoms with Gasteiger partial charge in [-0.3, -0.25) is 4.79 Å². The third kappa shape index (κ3) is 3.84. The van der Waals surface area contributed by atoms with E-state index in [1.54, 1.807) is 22.8 Å². The highest BCUT2D eigenvalue weighted by Gasteiger charge is 2.30. The second-order valence-electron chi connectivity index (χ2n) is 5.80. The SMILES string of the molecule is CCn1c(=NC(=O)c2cccc(C(F)(F)F)c2)sc2cc(C(=O)OC)ccc21. The van der Waals surface area contributed by atoms with Crippen molar-refractivity contribution in [2.24, 2.45) is 4.99 Å². The maximum Gasteiger partial charge on any atom is 0.416 e. The minimum atomic E-state index is -4.54. The molecule has 0 aliphatic rings. The number of alkyl halides is 3. The second kappa shape index (κ2) is 7.59. The van der Waals surface area contributed by atoms with Crippen LogP contribution in [0.2, 0.25) is 0 Å². The lowest BCUT2D eigenvalue weighted by molar-refractivity contribution is -0.137. The third-order valence-electron chi connectivity index (χ3n) is 4.05. The van der Waals surface area contributed by atoms with E-state index in [4.69, 9.17) is 4.74 Å². The zero-order valence-corrected chi connectivity index (χ0v) is 15.7. The summed E-state index contributed by atoms with van der Waals surface area (Å²) in [6.45, 7) is 2.35. The molecule has 5 nitrogen and oxygen atoms in total. The van der Waals surface area contributed by atoms with Gasteiger partial charge in [0.1, 0.15) is 0 Å². The smallest absolute Gasteiger partial charge is 0.416 e. The predicted molar refractivity (Wildman–Crippen MR) is 98.2 cm³/mol. The van der Waals surface area contributed by atoms with Crippen LogP contribution in [0, 0.1) is 0 Å². The molecule has 9 heteroatoms. The minimum absolute atomic E-state index is 0.148. The summed E-state index contributed by atoms with van der Waals surface area (Å²) in [7, 11) is 1.28. The number of thiazole rings is 1. The average Bonchev–Trinajstić information content (AvgIpc) is 3.02. The topological polar surface area (TPSA) is 60.7 Å². The van der Waals surface area contributed by atoms with Crippen LogP contribution in [-0.4, -0.2) is 23.6 Å². The number of nitrogens with zero attached hydrogens (tertiary/aromatic N) is 2. The Morgan fingerprint density at radius 3 is 2.54 bits per heavy atom. The second-order valence-corrected chi connectivity index (χ2v) is 6.81. The molecular weight excluding hydrogens is 393 g/mol. The van der Waals surface area contributed by atoms with Gasteiger partial charge in [-0.25, -0.2) is 4.79 Å². The zero-order chi connectivity index (χ0) is 20.5. The van der Waals surface area contributed by atoms with Gasteiger partial charge in [0.15, 0.2) is 4.80 Å². The average molecular weight is 408 g/mol. The Hall–Kier alpha value is -2.94. The van der Waals surface area contributed by atoms with Gasteiger partial charge in [0.25, 0.3) is 5.91 Å². The number of carbonyl (C=O) groups is 2. The van der Waals surface area contributed by atoms with Gasteiger partial charge in [0, 0.05) is 12.1 Å². The van der Waals surface area contributed by atoms with E-state index in [-0.39, 0.29) is 5.56 Å². The Kier molecular flexibility index (Phi) is 5.37. The number of carbonyl (C=O) groups excluding carboxylic acids is 2. The number of benzene rings is 2. The van der Waals surface area contributed by atoms with Crippen LogP contribution < -0.4 is 4.80 Å². The van der Waals surface area contributed by atoms with Gasteiger partial charge in [-0.05, 0) is 43.3 Å². The number of aromatic nitrogens is 1. The molecular formula is C19H15F3N2O3S. The lowest BCUT2D eigenvalue weighted by Crippen LogP contribution is -2.16. The fourth-order valence-corrected chi connectivity index (χ4v) is 3.82. The van der Waals surface area contributed by atoms with Crippen LogP contribution in [0.5, 0.6) is 0 Å². The molecule has 0 bridgehead atoms. The van der Waals surface area contributed by atoms with Gasteiger partial charge >= 0.3 is 12.1 Å². The van der Waals surface area contributed by atoms with Gasteiger partial charge in [0.05, 0.1) is 28.5 Å². The number of amides is 1. The number of hydrogen-bond donors (Lipinski definition) is 0. The van der Waals surface area contributed by atoms with E-state index >= 15 is 0 Å². The summed E-state index contributed by atoms with van der Waals surface area (Å²) in [6.07, 6.45) is -4.54. The van der Waals surface area contributed by atoms with Crippen molar-refractivity contribution in [3.05, 3.63) is 64.0 Å². The first-order valence-electron chi connectivity index (χ1n) is 8.22. The van der Waals surface area contributed by atoms with Gasteiger partial charge in [-0.1, -0.05) is 17.4 Å². The highest BCUT2D eigenvalue weighted by Crippen LogP contribution is 2.29. The molecule has 1 heterocycles. The number of aryl methyl sites for hydroxylation is 1. The summed E-state index contributed by atoms with van der Waals surface area (Å²) in [5.41, 5.74) is 0.0622. The summed E-state index contributed by atoms with van der Waals surface area (Å²) < 4.78 is 45.8. The molecule has 0 aliphatic heterocycles. The molecule has 28 heavy (non-hydrogen) atoms. The van der Waals surface area contributed by atoms with Crippen molar-refractivity contribution in [2.75, 3.05) is 7.11 Å². The molecule has 0 aliphatic carbocycles. The van der Waals surface area contributed by atoms with Crippen molar-refractivity contribution in [1.82, 2.24) is 4.57 Å². The monoisotopic (exact) mass is 408 g/mol. The molecule has 0 unspecified atom stereocenters. The van der Waals surface area contributed by atoms with Crippen molar-refractivity contribution in [3.63, 3.8) is 0 Å². The van der Waals surface area contributed by atoms with Crippen molar-refractivity contribution < 1.29 is 27.5 Å². The van der Waals surface area contributed by atoms with E-state index in [0.29, 0.717) is 21.6 Å². The van der Waals surface area contributed by atoms with Gasteiger partial charge in [-0.15, -0.1) is 0 Å². The van der Waals surface area contributed by atoms with Gasteiger partial charge in [-0.2, -0.15) is 18.2 Å². The van der Waals surface area contributed by atoms with Crippen LogP contribution in [0.15, 0.2) is 47.5 Å². The summed E-state index contributed by atoms with van der Waals surface area (Å²) in [5, 5.41) is 0. The molecule has 3 aromatic rings. The van der Waals surface area contributed by atoms with Crippen LogP contribution in [0.4, 0.5) is 13.2 Å². The lowest BCUT2D eigenvalue weighted by atomic mass is 10.1. The highest BCUT2D eigenvalue weighted by molar-refractivity contribution is 7.16. The fraction of sp³-hybridized carbons (Fsp3) is 0.211. The van der Waals surface area contributed by atoms with E-state index in [1.165, 1.54) is 30.6 Å². The van der Waals surface area contributed by atoms with Gasteiger partial charge in [0.2, 0.25) is 0 Å². The fourth-order valence-electron chi connectivity index (χ4n) is 2.69. The molecule has 0 atom stereocenters. The predicted octanol–water partition coefficient (Wildman–Crippen LogP) is 4.27. The number of ether oxygens (including phenoxy) is 1. The third-order valence-corrected chi connectivity index (χ3v) is 5.10. The van der Waals surface area contributed by atoms with Crippen LogP contribution in [0.3, 0.4) is 0 Å². The Balaban J connectivity index is 2.08. The molecule has 0 radical (unpaired) electrons. The molecule has 0 saturated heterocycles. The molecule has 0 fully saturated rings. The van der Waals surface area contributed by atoms with E-state index < -0.39 is 23.6 Å². The number of methoxy groups -OCH3 is 1. The van der Waals surface area contributed by atoms with Crippen LogP contribution in [0.1, 0.15) is 33.2 Å². The Labute approximate surface area is 161 Å². The van der Waals surface area contributed by atoms with Crippen LogP contribution in [-0.2, 0) is 17.5 Å². The van der Waals surface area contributed by atoms with E-state index in [2.05, 4.69) is 4.99 Å². The summed E-state index contributed by atoms with van der Waals surface area (Å²) in [5.74, 6) is -1.26. The maximum atomic E-state index is 12.9. The molecule has 0 N–H and O–H groups in total. The first kappa shape index (κ1) is 19.8. The molecule has 146 valence electrons. The summed E-state index contributed by atoms with van der Waals surface area (Å²) in [6, 6.07) is 9.10. The molecule has 1 aromatic heterocycles. The standard InChI is InChI=1S/C19H15F3N2O3S/c1-3-24-14-8-7-12(17(26)27-2)10-15(14)28-18(24)23-16(25)11-5-4-6-13(9-11)19(20,21)22/h4-10H,3H2,1-2H3. The van der Waals surface area contributed by atoms with Gasteiger partial charge < -0.3 is 9.30 Å². The van der Waals surface area contributed by atoms with Crippen LogP contribution in [0.25, 0.3) is 10.2 Å². The first-order chi connectivity index (χ1) is 13.2. The minimum Gasteiger partial charge on any atom is -0.465 e. The molecule has 3 rings (SSSR count). The zero-order valence-electron chi connectivity index (χ0n) is 14.9. The summed E-state index contributed by atoms with van der Waals surface area (Å²) >= 11 is 1.17. The number of halogens is 3. The van der Waals surface area contributed by atoms with Crippen molar-refractivity contribution in [1.29, 1.82) is 0 Å². The molecule has 0 saturated carbocycles. The van der Waals surface area contributed by atoms with Crippen molar-refractivity contribution >= 4 is 33.4 Å². The Morgan fingerprint density at radius 1 is 1.14 bits per heavy atom. The lowest BCUT2D eigenvalue weighted by Gasteiger charge is -2.06. The largest absolute Gasteiger partial charge is 0.465 e. The normalized spacial score (nSPS) is 12.4.